The number of benzene rings is 1. The van der Waals surface area contributed by atoms with Gasteiger partial charge in [0.2, 0.25) is 0 Å². The fraction of sp³-hybridized carbons (Fsp3) is 0.238. The van der Waals surface area contributed by atoms with Gasteiger partial charge in [0.25, 0.3) is 5.91 Å². The molecule has 1 saturated heterocycles. The van der Waals surface area contributed by atoms with Crippen LogP contribution < -0.4 is 10.2 Å². The lowest BCUT2D eigenvalue weighted by atomic mass is 10.2. The molecule has 3 aromatic rings. The Morgan fingerprint density at radius 3 is 2.68 bits per heavy atom. The smallest absolute Gasteiger partial charge is 0.274 e. The van der Waals surface area contributed by atoms with Gasteiger partial charge in [-0.05, 0) is 42.5 Å². The molecule has 4 rings (SSSR count). The number of hydrogen-bond donors (Lipinski definition) is 1. The molecule has 0 unspecified atom stereocenters. The number of rotatable bonds is 5. The minimum Gasteiger partial charge on any atom is -0.468 e. The number of piperazine rings is 1. The van der Waals surface area contributed by atoms with Crippen molar-refractivity contribution in [2.24, 2.45) is 0 Å². The van der Waals surface area contributed by atoms with Crippen molar-refractivity contribution in [1.29, 1.82) is 0 Å². The predicted molar refractivity (Wildman–Crippen MR) is 110 cm³/mol. The van der Waals surface area contributed by atoms with Crippen LogP contribution in [0.2, 0.25) is 5.02 Å². The van der Waals surface area contributed by atoms with Crippen molar-refractivity contribution >= 4 is 28.9 Å². The quantitative estimate of drug-likeness (QED) is 0.708. The van der Waals surface area contributed by atoms with Crippen molar-refractivity contribution < 1.29 is 9.21 Å². The maximum atomic E-state index is 12.5. The van der Waals surface area contributed by atoms with Gasteiger partial charge in [0.1, 0.15) is 11.5 Å². The topological polar surface area (TPSA) is 61.6 Å². The van der Waals surface area contributed by atoms with Gasteiger partial charge in [-0.25, -0.2) is 0 Å². The summed E-state index contributed by atoms with van der Waals surface area (Å²) in [4.78, 5) is 21.3. The molecule has 1 aliphatic rings. The highest BCUT2D eigenvalue weighted by atomic mass is 35.5. The minimum atomic E-state index is -0.249. The van der Waals surface area contributed by atoms with Crippen LogP contribution >= 0.6 is 11.6 Å². The first-order chi connectivity index (χ1) is 13.7. The van der Waals surface area contributed by atoms with Gasteiger partial charge in [0.05, 0.1) is 24.2 Å². The SMILES string of the molecule is O=C(Nc1cc(Cl)ccc1N1CCN(Cc2ccco2)CC1)c1ccccn1. The summed E-state index contributed by atoms with van der Waals surface area (Å²) in [5.41, 5.74) is 2.03. The largest absolute Gasteiger partial charge is 0.468 e. The average Bonchev–Trinajstić information content (AvgIpc) is 3.23. The van der Waals surface area contributed by atoms with E-state index < -0.39 is 0 Å². The van der Waals surface area contributed by atoms with Crippen molar-refractivity contribution in [3.05, 3.63) is 77.5 Å². The standard InChI is InChI=1S/C21H21ClN4O2/c22-16-6-7-20(19(14-16)24-21(27)18-5-1-2-8-23-18)26-11-9-25(10-12-26)15-17-4-3-13-28-17/h1-8,13-14H,9-12,15H2,(H,24,27). The second-order valence-electron chi connectivity index (χ2n) is 6.67. The molecule has 3 heterocycles. The van der Waals surface area contributed by atoms with Gasteiger partial charge in [-0.1, -0.05) is 17.7 Å². The van der Waals surface area contributed by atoms with E-state index in [1.54, 1.807) is 36.7 Å². The third kappa shape index (κ3) is 4.35. The van der Waals surface area contributed by atoms with Crippen molar-refractivity contribution in [1.82, 2.24) is 9.88 Å². The molecule has 144 valence electrons. The molecular formula is C21H21ClN4O2. The third-order valence-corrected chi connectivity index (χ3v) is 5.01. The Kier molecular flexibility index (Phi) is 5.60. The van der Waals surface area contributed by atoms with Crippen molar-refractivity contribution in [2.45, 2.75) is 6.54 Å². The lowest BCUT2D eigenvalue weighted by Gasteiger charge is -2.36. The molecule has 1 N–H and O–H groups in total. The Balaban J connectivity index is 1.45. The van der Waals surface area contributed by atoms with E-state index >= 15 is 0 Å². The van der Waals surface area contributed by atoms with Crippen LogP contribution in [0.3, 0.4) is 0 Å². The van der Waals surface area contributed by atoms with Crippen molar-refractivity contribution in [2.75, 3.05) is 36.4 Å². The number of furan rings is 1. The number of anilines is 2. The van der Waals surface area contributed by atoms with Crippen molar-refractivity contribution in [3.8, 4) is 0 Å². The summed E-state index contributed by atoms with van der Waals surface area (Å²) in [6.07, 6.45) is 3.31. The van der Waals surface area contributed by atoms with Gasteiger partial charge in [-0.2, -0.15) is 0 Å². The van der Waals surface area contributed by atoms with E-state index in [1.807, 2.05) is 24.3 Å². The van der Waals surface area contributed by atoms with Gasteiger partial charge < -0.3 is 14.6 Å². The monoisotopic (exact) mass is 396 g/mol. The summed E-state index contributed by atoms with van der Waals surface area (Å²) in [6, 6.07) is 14.8. The first-order valence-corrected chi connectivity index (χ1v) is 9.58. The van der Waals surface area contributed by atoms with Crippen LogP contribution in [-0.4, -0.2) is 42.0 Å². The molecule has 0 bridgehead atoms. The zero-order chi connectivity index (χ0) is 19.3. The highest BCUT2D eigenvalue weighted by Gasteiger charge is 2.21. The molecule has 1 fully saturated rings. The number of pyridine rings is 1. The number of nitrogens with one attached hydrogen (secondary N) is 1. The van der Waals surface area contributed by atoms with Crippen LogP contribution in [0.15, 0.2) is 65.4 Å². The zero-order valence-corrected chi connectivity index (χ0v) is 16.1. The third-order valence-electron chi connectivity index (χ3n) is 4.78. The molecule has 0 aliphatic carbocycles. The van der Waals surface area contributed by atoms with Crippen LogP contribution in [-0.2, 0) is 6.54 Å². The normalized spacial score (nSPS) is 14.8. The lowest BCUT2D eigenvalue weighted by Crippen LogP contribution is -2.46. The molecule has 2 aromatic heterocycles. The van der Waals surface area contributed by atoms with Crippen LogP contribution in [0.1, 0.15) is 16.2 Å². The zero-order valence-electron chi connectivity index (χ0n) is 15.3. The van der Waals surface area contributed by atoms with E-state index in [9.17, 15) is 4.79 Å². The number of hydrogen-bond acceptors (Lipinski definition) is 5. The number of carbonyl (C=O) groups excluding carboxylic acids is 1. The van der Waals surface area contributed by atoms with Crippen LogP contribution in [0, 0.1) is 0 Å². The molecule has 0 spiro atoms. The summed E-state index contributed by atoms with van der Waals surface area (Å²) in [6.45, 7) is 4.35. The summed E-state index contributed by atoms with van der Waals surface area (Å²) < 4.78 is 5.44. The Morgan fingerprint density at radius 2 is 1.96 bits per heavy atom. The maximum Gasteiger partial charge on any atom is 0.274 e. The second-order valence-corrected chi connectivity index (χ2v) is 7.11. The van der Waals surface area contributed by atoms with Gasteiger partial charge in [-0.15, -0.1) is 0 Å². The first-order valence-electron chi connectivity index (χ1n) is 9.21. The summed E-state index contributed by atoms with van der Waals surface area (Å²) in [5.74, 6) is 0.726. The number of aromatic nitrogens is 1. The molecule has 7 heteroatoms. The molecule has 0 radical (unpaired) electrons. The minimum absolute atomic E-state index is 0.249. The molecule has 6 nitrogen and oxygen atoms in total. The predicted octanol–water partition coefficient (Wildman–Crippen LogP) is 3.90. The van der Waals surface area contributed by atoms with E-state index in [2.05, 4.69) is 20.1 Å². The summed E-state index contributed by atoms with van der Waals surface area (Å²) >= 11 is 6.18. The highest BCUT2D eigenvalue weighted by molar-refractivity contribution is 6.31. The highest BCUT2D eigenvalue weighted by Crippen LogP contribution is 2.30. The Labute approximate surface area is 168 Å². The Morgan fingerprint density at radius 1 is 1.11 bits per heavy atom. The van der Waals surface area contributed by atoms with Crippen LogP contribution in [0.5, 0.6) is 0 Å². The van der Waals surface area contributed by atoms with Crippen molar-refractivity contribution in [3.63, 3.8) is 0 Å². The van der Waals surface area contributed by atoms with Gasteiger partial charge in [0, 0.05) is 37.4 Å². The maximum absolute atomic E-state index is 12.5. The van der Waals surface area contributed by atoms with E-state index in [0.29, 0.717) is 16.4 Å². The number of carbonyl (C=O) groups is 1. The molecule has 1 amide bonds. The van der Waals surface area contributed by atoms with Crippen LogP contribution in [0.25, 0.3) is 0 Å². The van der Waals surface area contributed by atoms with Gasteiger partial charge in [-0.3, -0.25) is 14.7 Å². The number of nitrogens with zero attached hydrogens (tertiary/aromatic N) is 3. The van der Waals surface area contributed by atoms with E-state index in [0.717, 1.165) is 44.2 Å². The fourth-order valence-corrected chi connectivity index (χ4v) is 3.51. The summed E-state index contributed by atoms with van der Waals surface area (Å²) in [5, 5.41) is 3.54. The molecule has 0 atom stereocenters. The molecule has 0 saturated carbocycles. The number of halogens is 1. The first kappa shape index (κ1) is 18.5. The molecular weight excluding hydrogens is 376 g/mol. The molecule has 1 aliphatic heterocycles. The Hall–Kier alpha value is -2.83. The van der Waals surface area contributed by atoms with Gasteiger partial charge in [0.15, 0.2) is 0 Å². The second kappa shape index (κ2) is 8.46. The van der Waals surface area contributed by atoms with Crippen LogP contribution in [0.4, 0.5) is 11.4 Å². The molecule has 28 heavy (non-hydrogen) atoms. The Bertz CT molecular complexity index is 923. The van der Waals surface area contributed by atoms with E-state index in [1.165, 1.54) is 0 Å². The fourth-order valence-electron chi connectivity index (χ4n) is 3.34. The molecule has 1 aromatic carbocycles. The van der Waals surface area contributed by atoms with E-state index in [4.69, 9.17) is 16.0 Å². The lowest BCUT2D eigenvalue weighted by molar-refractivity contribution is 0.102. The number of amides is 1. The van der Waals surface area contributed by atoms with E-state index in [-0.39, 0.29) is 5.91 Å². The average molecular weight is 397 g/mol. The van der Waals surface area contributed by atoms with Gasteiger partial charge >= 0.3 is 0 Å². The summed E-state index contributed by atoms with van der Waals surface area (Å²) in [7, 11) is 0.